The molecule has 0 spiro atoms. The van der Waals surface area contributed by atoms with Crippen LogP contribution in [-0.2, 0) is 4.79 Å². The van der Waals surface area contributed by atoms with E-state index in [1.807, 2.05) is 50.2 Å². The molecule has 30 heavy (non-hydrogen) atoms. The predicted octanol–water partition coefficient (Wildman–Crippen LogP) is 5.45. The molecule has 2 aromatic rings. The van der Waals surface area contributed by atoms with Crippen LogP contribution >= 0.6 is 39.9 Å². The van der Waals surface area contributed by atoms with E-state index in [1.165, 1.54) is 16.7 Å². The van der Waals surface area contributed by atoms with Crippen molar-refractivity contribution in [2.75, 3.05) is 26.9 Å². The third kappa shape index (κ3) is 5.56. The highest BCUT2D eigenvalue weighted by molar-refractivity contribution is 9.10. The number of benzene rings is 2. The van der Waals surface area contributed by atoms with Crippen molar-refractivity contribution in [3.63, 3.8) is 0 Å². The van der Waals surface area contributed by atoms with Crippen LogP contribution in [0.25, 0.3) is 6.08 Å². The SMILES string of the molecule is CCOc1cc(C=C2SC(=S)N(C)C2=O)cc(Br)c1OCCOc1cccc(C)c1. The van der Waals surface area contributed by atoms with Crippen molar-refractivity contribution in [2.45, 2.75) is 13.8 Å². The summed E-state index contributed by atoms with van der Waals surface area (Å²) in [6, 6.07) is 11.6. The van der Waals surface area contributed by atoms with E-state index in [1.54, 1.807) is 13.1 Å². The van der Waals surface area contributed by atoms with Gasteiger partial charge in [-0.2, -0.15) is 0 Å². The first-order valence-electron chi connectivity index (χ1n) is 9.39. The van der Waals surface area contributed by atoms with Gasteiger partial charge in [0, 0.05) is 7.05 Å². The second kappa shape index (κ2) is 10.3. The number of carbonyl (C=O) groups excluding carboxylic acids is 1. The van der Waals surface area contributed by atoms with Crippen molar-refractivity contribution in [1.82, 2.24) is 4.90 Å². The maximum Gasteiger partial charge on any atom is 0.265 e. The molecule has 0 aromatic heterocycles. The van der Waals surface area contributed by atoms with Crippen LogP contribution in [0.1, 0.15) is 18.1 Å². The highest BCUT2D eigenvalue weighted by Gasteiger charge is 2.28. The topological polar surface area (TPSA) is 48.0 Å². The summed E-state index contributed by atoms with van der Waals surface area (Å²) in [5, 5.41) is 0. The summed E-state index contributed by atoms with van der Waals surface area (Å²) >= 11 is 10.0. The number of thiocarbonyl (C=S) groups is 1. The number of carbonyl (C=O) groups is 1. The average Bonchev–Trinajstić information content (AvgIpc) is 2.94. The average molecular weight is 508 g/mol. The first-order chi connectivity index (χ1) is 14.4. The van der Waals surface area contributed by atoms with E-state index in [4.69, 9.17) is 26.4 Å². The van der Waals surface area contributed by atoms with Gasteiger partial charge in [-0.15, -0.1) is 0 Å². The third-order valence-electron chi connectivity index (χ3n) is 4.20. The number of amides is 1. The lowest BCUT2D eigenvalue weighted by Gasteiger charge is -2.15. The zero-order valence-electron chi connectivity index (χ0n) is 16.9. The van der Waals surface area contributed by atoms with Crippen LogP contribution in [0.2, 0.25) is 0 Å². The Balaban J connectivity index is 1.72. The number of nitrogens with zero attached hydrogens (tertiary/aromatic N) is 1. The van der Waals surface area contributed by atoms with E-state index in [2.05, 4.69) is 15.9 Å². The van der Waals surface area contributed by atoms with Gasteiger partial charge in [0.05, 0.1) is 16.0 Å². The third-order valence-corrected chi connectivity index (χ3v) is 6.28. The molecule has 1 saturated heterocycles. The van der Waals surface area contributed by atoms with Crippen molar-refractivity contribution in [3.05, 3.63) is 56.9 Å². The predicted molar refractivity (Wildman–Crippen MR) is 128 cm³/mol. The molecular formula is C22H22BrNO4S2. The second-order valence-electron chi connectivity index (χ2n) is 6.52. The van der Waals surface area contributed by atoms with Crippen molar-refractivity contribution in [1.29, 1.82) is 0 Å². The monoisotopic (exact) mass is 507 g/mol. The molecule has 1 heterocycles. The molecule has 1 fully saturated rings. The van der Waals surface area contributed by atoms with Crippen LogP contribution < -0.4 is 14.2 Å². The Morgan fingerprint density at radius 3 is 2.60 bits per heavy atom. The molecule has 0 aliphatic carbocycles. The van der Waals surface area contributed by atoms with Crippen LogP contribution in [-0.4, -0.2) is 42.0 Å². The van der Waals surface area contributed by atoms with Gasteiger partial charge in [0.1, 0.15) is 23.3 Å². The number of likely N-dealkylation sites (N-methyl/N-ethyl adjacent to an activating group) is 1. The van der Waals surface area contributed by atoms with E-state index in [0.29, 0.717) is 40.5 Å². The molecule has 5 nitrogen and oxygen atoms in total. The van der Waals surface area contributed by atoms with E-state index in [9.17, 15) is 4.79 Å². The summed E-state index contributed by atoms with van der Waals surface area (Å²) in [4.78, 5) is 14.3. The lowest BCUT2D eigenvalue weighted by Crippen LogP contribution is -2.22. The van der Waals surface area contributed by atoms with Crippen molar-refractivity contribution < 1.29 is 19.0 Å². The highest BCUT2D eigenvalue weighted by atomic mass is 79.9. The van der Waals surface area contributed by atoms with Gasteiger partial charge in [0.25, 0.3) is 5.91 Å². The zero-order valence-corrected chi connectivity index (χ0v) is 20.2. The summed E-state index contributed by atoms with van der Waals surface area (Å²) in [6.07, 6.45) is 1.81. The summed E-state index contributed by atoms with van der Waals surface area (Å²) in [7, 11) is 1.68. The molecule has 0 unspecified atom stereocenters. The molecule has 158 valence electrons. The fourth-order valence-electron chi connectivity index (χ4n) is 2.78. The van der Waals surface area contributed by atoms with Gasteiger partial charge in [-0.05, 0) is 71.2 Å². The molecule has 1 amide bonds. The molecule has 0 N–H and O–H groups in total. The number of halogens is 1. The van der Waals surface area contributed by atoms with Crippen molar-refractivity contribution in [2.24, 2.45) is 0 Å². The standard InChI is InChI=1S/C22H22BrNO4S2/c1-4-26-18-12-15(13-19-21(25)24(3)22(29)30-19)11-17(23)20(18)28-9-8-27-16-7-5-6-14(2)10-16/h5-7,10-13H,4,8-9H2,1-3H3. The summed E-state index contributed by atoms with van der Waals surface area (Å²) < 4.78 is 18.7. The molecule has 2 aromatic carbocycles. The first-order valence-corrected chi connectivity index (χ1v) is 11.4. The molecule has 3 rings (SSSR count). The molecule has 8 heteroatoms. The molecule has 0 saturated carbocycles. The van der Waals surface area contributed by atoms with Gasteiger partial charge in [0.2, 0.25) is 0 Å². The van der Waals surface area contributed by atoms with Gasteiger partial charge in [-0.1, -0.05) is 36.1 Å². The zero-order chi connectivity index (χ0) is 21.7. The van der Waals surface area contributed by atoms with Gasteiger partial charge < -0.3 is 14.2 Å². The van der Waals surface area contributed by atoms with E-state index < -0.39 is 0 Å². The Hall–Kier alpha value is -2.03. The number of aryl methyl sites for hydroxylation is 1. The molecule has 0 radical (unpaired) electrons. The molecule has 1 aliphatic rings. The maximum absolute atomic E-state index is 12.3. The fourth-order valence-corrected chi connectivity index (χ4v) is 4.53. The van der Waals surface area contributed by atoms with Crippen LogP contribution in [0, 0.1) is 6.92 Å². The number of hydrogen-bond acceptors (Lipinski definition) is 6. The molecular weight excluding hydrogens is 486 g/mol. The quantitative estimate of drug-likeness (QED) is 0.269. The van der Waals surface area contributed by atoms with Gasteiger partial charge in [0.15, 0.2) is 11.5 Å². The minimum atomic E-state index is -0.104. The largest absolute Gasteiger partial charge is 0.490 e. The fraction of sp³-hybridized carbons (Fsp3) is 0.273. The normalized spacial score (nSPS) is 15.1. The number of rotatable bonds is 8. The Labute approximate surface area is 194 Å². The van der Waals surface area contributed by atoms with Crippen LogP contribution in [0.5, 0.6) is 17.2 Å². The molecule has 0 bridgehead atoms. The van der Waals surface area contributed by atoms with E-state index in [0.717, 1.165) is 21.3 Å². The van der Waals surface area contributed by atoms with E-state index >= 15 is 0 Å². The summed E-state index contributed by atoms with van der Waals surface area (Å²) in [6.45, 7) is 5.19. The maximum atomic E-state index is 12.3. The lowest BCUT2D eigenvalue weighted by molar-refractivity contribution is -0.121. The Bertz CT molecular complexity index is 993. The summed E-state index contributed by atoms with van der Waals surface area (Å²) in [5.41, 5.74) is 1.97. The second-order valence-corrected chi connectivity index (χ2v) is 9.05. The van der Waals surface area contributed by atoms with Crippen LogP contribution in [0.15, 0.2) is 45.8 Å². The minimum absolute atomic E-state index is 0.104. The van der Waals surface area contributed by atoms with Crippen LogP contribution in [0.4, 0.5) is 0 Å². The minimum Gasteiger partial charge on any atom is -0.490 e. The van der Waals surface area contributed by atoms with Crippen molar-refractivity contribution >= 4 is 56.2 Å². The molecule has 0 atom stereocenters. The van der Waals surface area contributed by atoms with Gasteiger partial charge >= 0.3 is 0 Å². The number of thioether (sulfide) groups is 1. The van der Waals surface area contributed by atoms with Crippen LogP contribution in [0.3, 0.4) is 0 Å². The van der Waals surface area contributed by atoms with Crippen molar-refractivity contribution in [3.8, 4) is 17.2 Å². The number of ether oxygens (including phenoxy) is 3. The first kappa shape index (κ1) is 22.7. The number of hydrogen-bond donors (Lipinski definition) is 0. The van der Waals surface area contributed by atoms with Gasteiger partial charge in [-0.3, -0.25) is 9.69 Å². The summed E-state index contributed by atoms with van der Waals surface area (Å²) in [5.74, 6) is 1.91. The highest BCUT2D eigenvalue weighted by Crippen LogP contribution is 2.39. The smallest absolute Gasteiger partial charge is 0.265 e. The Kier molecular flexibility index (Phi) is 7.80. The lowest BCUT2D eigenvalue weighted by atomic mass is 10.2. The molecule has 1 aliphatic heterocycles. The van der Waals surface area contributed by atoms with E-state index in [-0.39, 0.29) is 5.91 Å². The van der Waals surface area contributed by atoms with Gasteiger partial charge in [-0.25, -0.2) is 0 Å². The Morgan fingerprint density at radius 1 is 1.17 bits per heavy atom. The Morgan fingerprint density at radius 2 is 1.93 bits per heavy atom.